The molecule has 1 amide bonds. The van der Waals surface area contributed by atoms with Gasteiger partial charge in [-0.15, -0.1) is 0 Å². The number of carbonyl (C=O) groups excluding carboxylic acids is 1. The van der Waals surface area contributed by atoms with Crippen molar-refractivity contribution >= 4 is 11.6 Å². The molecule has 0 unspecified atom stereocenters. The normalized spacial score (nSPS) is 17.3. The highest BCUT2D eigenvalue weighted by molar-refractivity contribution is 5.94. The molecule has 9 heteroatoms. The zero-order chi connectivity index (χ0) is 18.5. The fraction of sp³-hybridized carbons (Fsp3) is 0.529. The van der Waals surface area contributed by atoms with Crippen LogP contribution < -0.4 is 15.8 Å². The van der Waals surface area contributed by atoms with Crippen LogP contribution in [0.4, 0.5) is 5.69 Å². The Labute approximate surface area is 150 Å². The zero-order valence-electron chi connectivity index (χ0n) is 15.0. The first-order chi connectivity index (χ1) is 12.6. The summed E-state index contributed by atoms with van der Waals surface area (Å²) in [5.74, 6) is 0.396. The third-order valence-electron chi connectivity index (χ3n) is 4.42. The van der Waals surface area contributed by atoms with Crippen molar-refractivity contribution in [3.8, 4) is 0 Å². The summed E-state index contributed by atoms with van der Waals surface area (Å²) < 4.78 is 12.1. The molecular weight excluding hydrogens is 338 g/mol. The van der Waals surface area contributed by atoms with Crippen LogP contribution in [0.2, 0.25) is 0 Å². The second-order valence-electron chi connectivity index (χ2n) is 6.18. The van der Waals surface area contributed by atoms with Gasteiger partial charge in [0, 0.05) is 39.2 Å². The molecule has 0 aromatic carbocycles. The Hall–Kier alpha value is -2.68. The van der Waals surface area contributed by atoms with Gasteiger partial charge in [0.05, 0.1) is 30.8 Å². The predicted molar refractivity (Wildman–Crippen MR) is 94.3 cm³/mol. The Kier molecular flexibility index (Phi) is 5.67. The summed E-state index contributed by atoms with van der Waals surface area (Å²) in [7, 11) is 1.62. The fourth-order valence-electron chi connectivity index (χ4n) is 2.91. The number of hydrogen-bond acceptors (Lipinski definition) is 7. The maximum absolute atomic E-state index is 12.2. The van der Waals surface area contributed by atoms with Crippen molar-refractivity contribution < 1.29 is 14.1 Å². The van der Waals surface area contributed by atoms with Gasteiger partial charge in [-0.1, -0.05) is 12.1 Å². The van der Waals surface area contributed by atoms with E-state index >= 15 is 0 Å². The van der Waals surface area contributed by atoms with Crippen LogP contribution in [0.5, 0.6) is 0 Å². The predicted octanol–water partition coefficient (Wildman–Crippen LogP) is 0.356. The molecule has 0 saturated carbocycles. The van der Waals surface area contributed by atoms with E-state index in [2.05, 4.69) is 20.5 Å². The summed E-state index contributed by atoms with van der Waals surface area (Å²) >= 11 is 0. The molecule has 2 aromatic rings. The topological polar surface area (TPSA) is 102 Å². The highest BCUT2D eigenvalue weighted by Gasteiger charge is 2.22. The molecule has 0 spiro atoms. The van der Waals surface area contributed by atoms with Crippen LogP contribution >= 0.6 is 0 Å². The summed E-state index contributed by atoms with van der Waals surface area (Å²) in [6.45, 7) is 4.32. The van der Waals surface area contributed by atoms with E-state index in [9.17, 15) is 9.59 Å². The van der Waals surface area contributed by atoms with Gasteiger partial charge >= 0.3 is 0 Å². The average Bonchev–Trinajstić information content (AvgIpc) is 3.13. The number of nitrogens with one attached hydrogen (secondary N) is 1. The number of rotatable bonds is 6. The largest absolute Gasteiger partial charge is 0.374 e. The smallest absolute Gasteiger partial charge is 0.268 e. The van der Waals surface area contributed by atoms with Crippen molar-refractivity contribution in [1.82, 2.24) is 20.3 Å². The van der Waals surface area contributed by atoms with Crippen molar-refractivity contribution in [3.63, 3.8) is 0 Å². The summed E-state index contributed by atoms with van der Waals surface area (Å²) in [6.07, 6.45) is 4.39. The number of amides is 1. The molecule has 1 aliphatic heterocycles. The lowest BCUT2D eigenvalue weighted by Gasteiger charge is -2.34. The molecule has 1 fully saturated rings. The number of ether oxygens (including phenoxy) is 1. The second-order valence-corrected chi connectivity index (χ2v) is 6.18. The van der Waals surface area contributed by atoms with E-state index in [0.717, 1.165) is 5.69 Å². The summed E-state index contributed by atoms with van der Waals surface area (Å²) in [5, 5.41) is 10.6. The molecule has 0 aliphatic carbocycles. The van der Waals surface area contributed by atoms with E-state index in [4.69, 9.17) is 9.26 Å². The lowest BCUT2D eigenvalue weighted by Crippen LogP contribution is -2.44. The lowest BCUT2D eigenvalue weighted by molar-refractivity contribution is 0.0353. The molecule has 26 heavy (non-hydrogen) atoms. The van der Waals surface area contributed by atoms with Gasteiger partial charge in [0.1, 0.15) is 11.3 Å². The average molecular weight is 361 g/mol. The molecule has 0 radical (unpaired) electrons. The van der Waals surface area contributed by atoms with Crippen molar-refractivity contribution in [2.24, 2.45) is 7.05 Å². The zero-order valence-corrected chi connectivity index (χ0v) is 15.0. The fourth-order valence-corrected chi connectivity index (χ4v) is 2.91. The number of aromatic nitrogens is 3. The minimum absolute atomic E-state index is 0.0266. The SMILES string of the molecule is CCc1oncc1C(=O)NCC[C@H]1CN(c2cnn(C)c(=O)c2)CCO1. The van der Waals surface area contributed by atoms with Crippen LogP contribution in [-0.2, 0) is 18.2 Å². The van der Waals surface area contributed by atoms with Gasteiger partial charge in [0.2, 0.25) is 0 Å². The number of hydrogen-bond donors (Lipinski definition) is 1. The molecule has 1 N–H and O–H groups in total. The Morgan fingerprint density at radius 1 is 1.42 bits per heavy atom. The molecule has 0 bridgehead atoms. The van der Waals surface area contributed by atoms with Gasteiger partial charge in [0.25, 0.3) is 11.5 Å². The molecule has 1 aliphatic rings. The Balaban J connectivity index is 1.51. The van der Waals surface area contributed by atoms with Crippen LogP contribution in [0.1, 0.15) is 29.5 Å². The monoisotopic (exact) mass is 361 g/mol. The summed E-state index contributed by atoms with van der Waals surface area (Å²) in [4.78, 5) is 26.0. The molecule has 2 aromatic heterocycles. The van der Waals surface area contributed by atoms with E-state index in [1.807, 2.05) is 6.92 Å². The third-order valence-corrected chi connectivity index (χ3v) is 4.42. The first-order valence-electron chi connectivity index (χ1n) is 8.70. The molecule has 3 heterocycles. The van der Waals surface area contributed by atoms with E-state index in [0.29, 0.717) is 50.4 Å². The van der Waals surface area contributed by atoms with Crippen LogP contribution in [0.25, 0.3) is 0 Å². The van der Waals surface area contributed by atoms with E-state index in [-0.39, 0.29) is 17.6 Å². The number of nitrogens with zero attached hydrogens (tertiary/aromatic N) is 4. The quantitative estimate of drug-likeness (QED) is 0.792. The van der Waals surface area contributed by atoms with Crippen LogP contribution in [0, 0.1) is 0 Å². The maximum Gasteiger partial charge on any atom is 0.268 e. The molecule has 140 valence electrons. The van der Waals surface area contributed by atoms with Gasteiger partial charge in [-0.2, -0.15) is 5.10 Å². The Bertz CT molecular complexity index is 815. The maximum atomic E-state index is 12.2. The van der Waals surface area contributed by atoms with Gasteiger partial charge < -0.3 is 19.5 Å². The van der Waals surface area contributed by atoms with E-state index in [1.54, 1.807) is 19.3 Å². The standard InChI is InChI=1S/C17H23N5O4/c1-3-15-14(10-20-26-15)17(24)18-5-4-13-11-22(6-7-25-13)12-8-16(23)21(2)19-9-12/h8-10,13H,3-7,11H2,1-2H3,(H,18,24)/t13-/m0/s1. The van der Waals surface area contributed by atoms with Gasteiger partial charge in [-0.25, -0.2) is 4.68 Å². The van der Waals surface area contributed by atoms with Gasteiger partial charge in [0.15, 0.2) is 0 Å². The molecule has 9 nitrogen and oxygen atoms in total. The van der Waals surface area contributed by atoms with Crippen LogP contribution in [0.15, 0.2) is 27.8 Å². The Morgan fingerprint density at radius 3 is 3.04 bits per heavy atom. The van der Waals surface area contributed by atoms with Crippen LogP contribution in [0.3, 0.4) is 0 Å². The minimum atomic E-state index is -0.188. The highest BCUT2D eigenvalue weighted by atomic mass is 16.5. The second kappa shape index (κ2) is 8.13. The van der Waals surface area contributed by atoms with Crippen LogP contribution in [-0.4, -0.2) is 53.2 Å². The summed E-state index contributed by atoms with van der Waals surface area (Å²) in [5.41, 5.74) is 1.13. The first-order valence-corrected chi connectivity index (χ1v) is 8.70. The molecular formula is C17H23N5O4. The first kappa shape index (κ1) is 18.1. The molecule has 1 atom stereocenters. The van der Waals surface area contributed by atoms with E-state index < -0.39 is 0 Å². The number of anilines is 1. The van der Waals surface area contributed by atoms with Crippen molar-refractivity contribution in [2.45, 2.75) is 25.9 Å². The number of aryl methyl sites for hydroxylation is 2. The third kappa shape index (κ3) is 4.10. The minimum Gasteiger partial charge on any atom is -0.374 e. The number of morpholine rings is 1. The number of carbonyl (C=O) groups is 1. The van der Waals surface area contributed by atoms with Crippen molar-refractivity contribution in [3.05, 3.63) is 40.1 Å². The summed E-state index contributed by atoms with van der Waals surface area (Å²) in [6, 6.07) is 1.58. The van der Waals surface area contributed by atoms with E-state index in [1.165, 1.54) is 10.9 Å². The van der Waals surface area contributed by atoms with Crippen molar-refractivity contribution in [1.29, 1.82) is 0 Å². The van der Waals surface area contributed by atoms with Crippen molar-refractivity contribution in [2.75, 3.05) is 31.1 Å². The molecule has 1 saturated heterocycles. The highest BCUT2D eigenvalue weighted by Crippen LogP contribution is 2.16. The molecule has 3 rings (SSSR count). The van der Waals surface area contributed by atoms with Gasteiger partial charge in [-0.3, -0.25) is 9.59 Å². The van der Waals surface area contributed by atoms with Gasteiger partial charge in [-0.05, 0) is 6.42 Å². The Morgan fingerprint density at radius 2 is 2.27 bits per heavy atom. The lowest BCUT2D eigenvalue weighted by atomic mass is 10.1.